The molecule has 0 amide bonds. The van der Waals surface area contributed by atoms with Gasteiger partial charge in [0.25, 0.3) is 0 Å². The second-order valence-corrected chi connectivity index (χ2v) is 4.54. The molecule has 2 rings (SSSR count). The van der Waals surface area contributed by atoms with Gasteiger partial charge in [0.2, 0.25) is 0 Å². The number of ether oxygens (including phenoxy) is 1. The van der Waals surface area contributed by atoms with Crippen molar-refractivity contribution in [3.63, 3.8) is 0 Å². The summed E-state index contributed by atoms with van der Waals surface area (Å²) in [5, 5.41) is 3.60. The van der Waals surface area contributed by atoms with Crippen LogP contribution in [0.5, 0.6) is 5.75 Å². The Morgan fingerprint density at radius 2 is 2.35 bits per heavy atom. The highest BCUT2D eigenvalue weighted by Crippen LogP contribution is 2.36. The van der Waals surface area contributed by atoms with Crippen LogP contribution in [0.15, 0.2) is 36.9 Å². The number of para-hydroxylation sites is 1. The second kappa shape index (κ2) is 5.87. The average molecular weight is 231 g/mol. The SMILES string of the molecule is C=CCC(NCCC)C1COc2ccccc21. The van der Waals surface area contributed by atoms with Crippen molar-refractivity contribution < 1.29 is 4.74 Å². The van der Waals surface area contributed by atoms with Gasteiger partial charge in [-0.1, -0.05) is 31.2 Å². The van der Waals surface area contributed by atoms with Gasteiger partial charge in [-0.3, -0.25) is 0 Å². The van der Waals surface area contributed by atoms with E-state index in [0.717, 1.165) is 31.7 Å². The van der Waals surface area contributed by atoms with Crippen LogP contribution >= 0.6 is 0 Å². The summed E-state index contributed by atoms with van der Waals surface area (Å²) in [4.78, 5) is 0. The third kappa shape index (κ3) is 2.70. The summed E-state index contributed by atoms with van der Waals surface area (Å²) < 4.78 is 5.74. The maximum absolute atomic E-state index is 5.74. The Morgan fingerprint density at radius 3 is 3.12 bits per heavy atom. The molecule has 0 aliphatic carbocycles. The molecule has 1 N–H and O–H groups in total. The zero-order valence-corrected chi connectivity index (χ0v) is 10.5. The molecule has 0 aromatic heterocycles. The van der Waals surface area contributed by atoms with E-state index in [2.05, 4.69) is 37.0 Å². The van der Waals surface area contributed by atoms with Crippen LogP contribution in [0.3, 0.4) is 0 Å². The number of rotatable bonds is 6. The molecule has 1 aliphatic heterocycles. The van der Waals surface area contributed by atoms with Crippen LogP contribution in [0, 0.1) is 0 Å². The number of hydrogen-bond acceptors (Lipinski definition) is 2. The van der Waals surface area contributed by atoms with Gasteiger partial charge in [0.1, 0.15) is 5.75 Å². The largest absolute Gasteiger partial charge is 0.493 e. The third-order valence-corrected chi connectivity index (χ3v) is 3.30. The quantitative estimate of drug-likeness (QED) is 0.760. The Morgan fingerprint density at radius 1 is 1.53 bits per heavy atom. The first-order chi connectivity index (χ1) is 8.36. The first kappa shape index (κ1) is 12.2. The summed E-state index contributed by atoms with van der Waals surface area (Å²) >= 11 is 0. The van der Waals surface area contributed by atoms with E-state index >= 15 is 0 Å². The molecule has 0 bridgehead atoms. The minimum absolute atomic E-state index is 0.441. The lowest BCUT2D eigenvalue weighted by Crippen LogP contribution is -2.35. The minimum atomic E-state index is 0.441. The third-order valence-electron chi connectivity index (χ3n) is 3.30. The molecule has 92 valence electrons. The summed E-state index contributed by atoms with van der Waals surface area (Å²) in [6.07, 6.45) is 4.14. The molecule has 2 heteroatoms. The number of benzene rings is 1. The van der Waals surface area contributed by atoms with E-state index in [1.54, 1.807) is 0 Å². The zero-order chi connectivity index (χ0) is 12.1. The Labute approximate surface area is 104 Å². The predicted molar refractivity (Wildman–Crippen MR) is 71.6 cm³/mol. The molecule has 0 radical (unpaired) electrons. The van der Waals surface area contributed by atoms with E-state index in [-0.39, 0.29) is 0 Å². The van der Waals surface area contributed by atoms with Crippen LogP contribution in [0.1, 0.15) is 31.2 Å². The smallest absolute Gasteiger partial charge is 0.122 e. The molecule has 1 aromatic carbocycles. The minimum Gasteiger partial charge on any atom is -0.493 e. The summed E-state index contributed by atoms with van der Waals surface area (Å²) in [6, 6.07) is 8.79. The number of fused-ring (bicyclic) bond motifs is 1. The molecule has 17 heavy (non-hydrogen) atoms. The van der Waals surface area contributed by atoms with Crippen LogP contribution in [-0.2, 0) is 0 Å². The van der Waals surface area contributed by atoms with Crippen molar-refractivity contribution in [3.05, 3.63) is 42.5 Å². The van der Waals surface area contributed by atoms with Crippen LogP contribution in [0.2, 0.25) is 0 Å². The standard InChI is InChI=1S/C15H21NO/c1-3-7-14(16-10-4-2)13-11-17-15-9-6-5-8-12(13)15/h3,5-6,8-9,13-14,16H,1,4,7,10-11H2,2H3. The summed E-state index contributed by atoms with van der Waals surface area (Å²) in [7, 11) is 0. The fourth-order valence-corrected chi connectivity index (χ4v) is 2.42. The molecule has 1 aromatic rings. The van der Waals surface area contributed by atoms with E-state index in [4.69, 9.17) is 4.74 Å². The van der Waals surface area contributed by atoms with Crippen molar-refractivity contribution in [2.45, 2.75) is 31.7 Å². The Balaban J connectivity index is 2.12. The molecule has 0 spiro atoms. The van der Waals surface area contributed by atoms with Gasteiger partial charge in [0, 0.05) is 17.5 Å². The average Bonchev–Trinajstić information content (AvgIpc) is 2.78. The number of hydrogen-bond donors (Lipinski definition) is 1. The summed E-state index contributed by atoms with van der Waals surface area (Å²) in [6.45, 7) is 7.89. The Hall–Kier alpha value is -1.28. The normalized spacial score (nSPS) is 19.5. The van der Waals surface area contributed by atoms with Crippen molar-refractivity contribution in [3.8, 4) is 5.75 Å². The predicted octanol–water partition coefficient (Wildman–Crippen LogP) is 3.11. The van der Waals surface area contributed by atoms with Gasteiger partial charge in [-0.05, 0) is 25.5 Å². The maximum atomic E-state index is 5.74. The molecule has 1 heterocycles. The Bertz CT molecular complexity index is 375. The topological polar surface area (TPSA) is 21.3 Å². The van der Waals surface area contributed by atoms with E-state index in [1.807, 2.05) is 12.1 Å². The molecule has 0 saturated heterocycles. The lowest BCUT2D eigenvalue weighted by atomic mass is 9.91. The van der Waals surface area contributed by atoms with E-state index in [1.165, 1.54) is 5.56 Å². The molecular formula is C15H21NO. The fraction of sp³-hybridized carbons (Fsp3) is 0.467. The van der Waals surface area contributed by atoms with E-state index in [9.17, 15) is 0 Å². The summed E-state index contributed by atoms with van der Waals surface area (Å²) in [5.74, 6) is 1.50. The molecule has 2 atom stereocenters. The molecule has 1 aliphatic rings. The first-order valence-electron chi connectivity index (χ1n) is 6.42. The zero-order valence-electron chi connectivity index (χ0n) is 10.5. The molecule has 0 saturated carbocycles. The fourth-order valence-electron chi connectivity index (χ4n) is 2.42. The van der Waals surface area contributed by atoms with Gasteiger partial charge in [-0.15, -0.1) is 6.58 Å². The molecular weight excluding hydrogens is 210 g/mol. The maximum Gasteiger partial charge on any atom is 0.122 e. The van der Waals surface area contributed by atoms with Gasteiger partial charge in [-0.25, -0.2) is 0 Å². The highest BCUT2D eigenvalue weighted by atomic mass is 16.5. The first-order valence-corrected chi connectivity index (χ1v) is 6.42. The van der Waals surface area contributed by atoms with Crippen LogP contribution < -0.4 is 10.1 Å². The molecule has 0 fully saturated rings. The van der Waals surface area contributed by atoms with E-state index in [0.29, 0.717) is 12.0 Å². The van der Waals surface area contributed by atoms with E-state index < -0.39 is 0 Å². The van der Waals surface area contributed by atoms with Gasteiger partial charge < -0.3 is 10.1 Å². The molecule has 2 nitrogen and oxygen atoms in total. The van der Waals surface area contributed by atoms with Crippen molar-refractivity contribution >= 4 is 0 Å². The van der Waals surface area contributed by atoms with Crippen molar-refractivity contribution in [1.29, 1.82) is 0 Å². The highest BCUT2D eigenvalue weighted by Gasteiger charge is 2.29. The second-order valence-electron chi connectivity index (χ2n) is 4.54. The van der Waals surface area contributed by atoms with Crippen LogP contribution in [0.4, 0.5) is 0 Å². The molecule has 2 unspecified atom stereocenters. The van der Waals surface area contributed by atoms with Crippen LogP contribution in [-0.4, -0.2) is 19.2 Å². The van der Waals surface area contributed by atoms with Crippen LogP contribution in [0.25, 0.3) is 0 Å². The number of nitrogens with one attached hydrogen (secondary N) is 1. The van der Waals surface area contributed by atoms with Gasteiger partial charge >= 0.3 is 0 Å². The lowest BCUT2D eigenvalue weighted by molar-refractivity contribution is 0.298. The van der Waals surface area contributed by atoms with Crippen molar-refractivity contribution in [2.75, 3.05) is 13.2 Å². The van der Waals surface area contributed by atoms with Gasteiger partial charge in [-0.2, -0.15) is 0 Å². The summed E-state index contributed by atoms with van der Waals surface area (Å²) in [5.41, 5.74) is 1.34. The van der Waals surface area contributed by atoms with Gasteiger partial charge in [0.05, 0.1) is 6.61 Å². The Kier molecular flexibility index (Phi) is 4.21. The lowest BCUT2D eigenvalue weighted by Gasteiger charge is -2.22. The van der Waals surface area contributed by atoms with Crippen molar-refractivity contribution in [1.82, 2.24) is 5.32 Å². The van der Waals surface area contributed by atoms with Gasteiger partial charge in [0.15, 0.2) is 0 Å². The van der Waals surface area contributed by atoms with Crippen molar-refractivity contribution in [2.24, 2.45) is 0 Å². The highest BCUT2D eigenvalue weighted by molar-refractivity contribution is 5.40. The monoisotopic (exact) mass is 231 g/mol.